The summed E-state index contributed by atoms with van der Waals surface area (Å²) < 4.78 is 109. The molecule has 1 unspecified atom stereocenters. The highest BCUT2D eigenvalue weighted by Crippen LogP contribution is 2.46. The van der Waals surface area contributed by atoms with E-state index in [2.05, 4.69) is 14.4 Å². The standard InChI is InChI=1S/C13H11F6N3O5S/c1-5-4-22-6(3-7(20-22)27-28(24,25)13(17,18)19)9-8(5)10(21-26-9)11(2,23)12(14,15)16/h3,5,23H,4H2,1-2H3/t5?,11-/m1/s1. The van der Waals surface area contributed by atoms with E-state index in [-0.39, 0.29) is 23.6 Å². The molecule has 8 nitrogen and oxygen atoms in total. The van der Waals surface area contributed by atoms with Gasteiger partial charge in [0.2, 0.25) is 5.60 Å². The van der Waals surface area contributed by atoms with Crippen molar-refractivity contribution < 1.29 is 48.6 Å². The minimum atomic E-state index is -5.99. The predicted octanol–water partition coefficient (Wildman–Crippen LogP) is 2.65. The molecule has 0 amide bonds. The molecule has 0 aromatic carbocycles. The molecule has 0 fully saturated rings. The number of hydrogen-bond acceptors (Lipinski definition) is 7. The second kappa shape index (κ2) is 5.85. The van der Waals surface area contributed by atoms with Crippen molar-refractivity contribution in [3.05, 3.63) is 17.3 Å². The van der Waals surface area contributed by atoms with E-state index in [0.29, 0.717) is 6.92 Å². The molecule has 2 aromatic heterocycles. The molecule has 2 atom stereocenters. The third-order valence-corrected chi connectivity index (χ3v) is 5.11. The molecule has 0 radical (unpaired) electrons. The summed E-state index contributed by atoms with van der Waals surface area (Å²) in [6.07, 6.45) is -5.08. The first-order chi connectivity index (χ1) is 12.6. The summed E-state index contributed by atoms with van der Waals surface area (Å²) in [6.45, 7) is 1.78. The Bertz CT molecular complexity index is 1020. The van der Waals surface area contributed by atoms with Gasteiger partial charge in [-0.15, -0.1) is 5.10 Å². The molecule has 3 rings (SSSR count). The van der Waals surface area contributed by atoms with Gasteiger partial charge in [-0.1, -0.05) is 12.1 Å². The van der Waals surface area contributed by atoms with Gasteiger partial charge in [0, 0.05) is 24.1 Å². The Kier molecular flexibility index (Phi) is 4.27. The summed E-state index contributed by atoms with van der Waals surface area (Å²) in [4.78, 5) is 0. The highest BCUT2D eigenvalue weighted by atomic mass is 32.2. The zero-order chi connectivity index (χ0) is 21.3. The van der Waals surface area contributed by atoms with Crippen LogP contribution in [-0.4, -0.2) is 40.1 Å². The van der Waals surface area contributed by atoms with Crippen molar-refractivity contribution in [3.63, 3.8) is 0 Å². The van der Waals surface area contributed by atoms with E-state index in [1.165, 1.54) is 6.92 Å². The molecule has 3 heterocycles. The van der Waals surface area contributed by atoms with Crippen LogP contribution >= 0.6 is 0 Å². The van der Waals surface area contributed by atoms with E-state index < -0.39 is 44.9 Å². The van der Waals surface area contributed by atoms with Crippen molar-refractivity contribution in [3.8, 4) is 17.3 Å². The van der Waals surface area contributed by atoms with E-state index in [0.717, 1.165) is 10.7 Å². The molecule has 0 spiro atoms. The average molecular weight is 435 g/mol. The molecule has 0 aliphatic carbocycles. The topological polar surface area (TPSA) is 107 Å². The zero-order valence-corrected chi connectivity index (χ0v) is 14.8. The lowest BCUT2D eigenvalue weighted by molar-refractivity contribution is -0.261. The number of fused-ring (bicyclic) bond motifs is 3. The van der Waals surface area contributed by atoms with Crippen LogP contribution in [0.2, 0.25) is 0 Å². The summed E-state index contributed by atoms with van der Waals surface area (Å²) >= 11 is 0. The molecule has 0 saturated carbocycles. The Labute approximate surface area is 152 Å². The smallest absolute Gasteiger partial charge is 0.375 e. The van der Waals surface area contributed by atoms with Crippen LogP contribution < -0.4 is 4.18 Å². The Balaban J connectivity index is 2.07. The SMILES string of the molecule is CC1Cn2nc(OS(=O)(=O)C(F)(F)F)cc2-c2onc([C@@](C)(O)C(F)(F)F)c21. The van der Waals surface area contributed by atoms with E-state index in [4.69, 9.17) is 4.52 Å². The largest absolute Gasteiger partial charge is 0.534 e. The first-order valence-corrected chi connectivity index (χ1v) is 8.85. The molecule has 0 bridgehead atoms. The molecule has 1 aliphatic rings. The number of alkyl halides is 6. The summed E-state index contributed by atoms with van der Waals surface area (Å²) in [5.41, 5.74) is -10.1. The fourth-order valence-electron chi connectivity index (χ4n) is 2.69. The molecule has 156 valence electrons. The van der Waals surface area contributed by atoms with Crippen LogP contribution in [0.25, 0.3) is 11.5 Å². The maximum atomic E-state index is 13.1. The van der Waals surface area contributed by atoms with Crippen LogP contribution in [0.3, 0.4) is 0 Å². The summed E-state index contributed by atoms with van der Waals surface area (Å²) in [6, 6.07) is 0.755. The van der Waals surface area contributed by atoms with Crippen LogP contribution in [0.4, 0.5) is 26.3 Å². The third-order valence-electron chi connectivity index (χ3n) is 4.15. The summed E-state index contributed by atoms with van der Waals surface area (Å²) in [5, 5.41) is 16.7. The molecular weight excluding hydrogens is 424 g/mol. The maximum Gasteiger partial charge on any atom is 0.534 e. The van der Waals surface area contributed by atoms with Gasteiger partial charge in [0.25, 0.3) is 5.88 Å². The minimum Gasteiger partial charge on any atom is -0.375 e. The Morgan fingerprint density at radius 3 is 2.43 bits per heavy atom. The molecule has 15 heteroatoms. The van der Waals surface area contributed by atoms with Crippen molar-refractivity contribution in [1.82, 2.24) is 14.9 Å². The van der Waals surface area contributed by atoms with Gasteiger partial charge in [-0.05, 0) is 6.92 Å². The first kappa shape index (κ1) is 20.4. The molecule has 1 aliphatic heterocycles. The van der Waals surface area contributed by atoms with Gasteiger partial charge in [-0.25, -0.2) is 0 Å². The van der Waals surface area contributed by atoms with Crippen LogP contribution in [0.1, 0.15) is 31.0 Å². The fraction of sp³-hybridized carbons (Fsp3) is 0.538. The summed E-state index contributed by atoms with van der Waals surface area (Å²) in [5.74, 6) is -2.00. The maximum absolute atomic E-state index is 13.1. The van der Waals surface area contributed by atoms with Crippen molar-refractivity contribution in [2.45, 2.75) is 43.6 Å². The number of halogens is 6. The second-order valence-corrected chi connectivity index (χ2v) is 7.82. The first-order valence-electron chi connectivity index (χ1n) is 7.44. The zero-order valence-electron chi connectivity index (χ0n) is 14.0. The molecule has 1 N–H and O–H groups in total. The van der Waals surface area contributed by atoms with E-state index in [9.17, 15) is 39.9 Å². The van der Waals surface area contributed by atoms with Crippen molar-refractivity contribution in [2.24, 2.45) is 0 Å². The normalized spacial score (nSPS) is 19.7. The number of aliphatic hydroxyl groups is 1. The Hall–Kier alpha value is -2.29. The van der Waals surface area contributed by atoms with Gasteiger partial charge >= 0.3 is 21.8 Å². The van der Waals surface area contributed by atoms with Gasteiger partial charge in [-0.3, -0.25) is 4.68 Å². The average Bonchev–Trinajstić information content (AvgIpc) is 3.08. The number of nitrogens with zero attached hydrogens (tertiary/aromatic N) is 3. The molecule has 28 heavy (non-hydrogen) atoms. The Morgan fingerprint density at radius 2 is 1.89 bits per heavy atom. The van der Waals surface area contributed by atoms with Crippen LogP contribution in [0.15, 0.2) is 10.6 Å². The van der Waals surface area contributed by atoms with Gasteiger partial charge in [0.15, 0.2) is 5.76 Å². The lowest BCUT2D eigenvalue weighted by Crippen LogP contribution is -2.40. The van der Waals surface area contributed by atoms with Crippen LogP contribution in [0.5, 0.6) is 5.88 Å². The quantitative estimate of drug-likeness (QED) is 0.449. The lowest BCUT2D eigenvalue weighted by atomic mass is 9.88. The van der Waals surface area contributed by atoms with Gasteiger partial charge < -0.3 is 13.8 Å². The number of hydrogen-bond donors (Lipinski definition) is 1. The highest BCUT2D eigenvalue weighted by Gasteiger charge is 2.56. The second-order valence-electron chi connectivity index (χ2n) is 6.28. The number of aromatic nitrogens is 3. The van der Waals surface area contributed by atoms with Gasteiger partial charge in [-0.2, -0.15) is 34.8 Å². The van der Waals surface area contributed by atoms with E-state index in [1.807, 2.05) is 0 Å². The van der Waals surface area contributed by atoms with Crippen molar-refractivity contribution >= 4 is 10.1 Å². The summed E-state index contributed by atoms with van der Waals surface area (Å²) in [7, 11) is -5.99. The van der Waals surface area contributed by atoms with Crippen molar-refractivity contribution in [2.75, 3.05) is 0 Å². The fourth-order valence-corrected chi connectivity index (χ4v) is 3.09. The molecular formula is C13H11F6N3O5S. The molecule has 0 saturated heterocycles. The van der Waals surface area contributed by atoms with Gasteiger partial charge in [0.1, 0.15) is 11.4 Å². The monoisotopic (exact) mass is 435 g/mol. The van der Waals surface area contributed by atoms with Gasteiger partial charge in [0.05, 0.1) is 0 Å². The molecule has 2 aromatic rings. The highest BCUT2D eigenvalue weighted by molar-refractivity contribution is 7.87. The third kappa shape index (κ3) is 3.01. The van der Waals surface area contributed by atoms with Crippen molar-refractivity contribution in [1.29, 1.82) is 0 Å². The van der Waals surface area contributed by atoms with Crippen LogP contribution in [-0.2, 0) is 22.3 Å². The minimum absolute atomic E-state index is 0.125. The van der Waals surface area contributed by atoms with E-state index in [1.54, 1.807) is 0 Å². The van der Waals surface area contributed by atoms with Crippen LogP contribution in [0, 0.1) is 0 Å². The Morgan fingerprint density at radius 1 is 1.29 bits per heavy atom. The number of rotatable bonds is 3. The van der Waals surface area contributed by atoms with E-state index >= 15 is 0 Å². The lowest BCUT2D eigenvalue weighted by Gasteiger charge is -2.27. The predicted molar refractivity (Wildman–Crippen MR) is 77.4 cm³/mol.